The molecule has 1 rings (SSSR count). The van der Waals surface area contributed by atoms with Gasteiger partial charge in [-0.1, -0.05) is 25.1 Å². The number of nitrogens with zero attached hydrogens (tertiary/aromatic N) is 1. The second-order valence-electron chi connectivity index (χ2n) is 4.12. The van der Waals surface area contributed by atoms with E-state index in [2.05, 4.69) is 71.9 Å². The summed E-state index contributed by atoms with van der Waals surface area (Å²) in [6, 6.07) is 6.49. The number of nitrogens with one attached hydrogen (secondary N) is 1. The van der Waals surface area contributed by atoms with Gasteiger partial charge in [0.15, 0.2) is 0 Å². The van der Waals surface area contributed by atoms with Crippen molar-refractivity contribution in [2.45, 2.75) is 20.4 Å². The fraction of sp³-hybridized carbons (Fsp3) is 0.538. The molecule has 90 valence electrons. The third-order valence-electron chi connectivity index (χ3n) is 2.80. The monoisotopic (exact) mass is 332 g/mol. The molecule has 0 heterocycles. The van der Waals surface area contributed by atoms with Gasteiger partial charge in [0.2, 0.25) is 0 Å². The lowest BCUT2D eigenvalue weighted by Gasteiger charge is -2.14. The lowest BCUT2D eigenvalue weighted by Crippen LogP contribution is -2.28. The molecule has 1 aromatic rings. The molecule has 0 saturated carbocycles. The molecule has 0 aliphatic carbocycles. The van der Waals surface area contributed by atoms with E-state index in [4.69, 9.17) is 0 Å². The molecule has 3 heteroatoms. The van der Waals surface area contributed by atoms with Crippen LogP contribution in [0.3, 0.4) is 0 Å². The number of benzene rings is 1. The highest BCUT2D eigenvalue weighted by atomic mass is 127. The van der Waals surface area contributed by atoms with Crippen LogP contribution >= 0.6 is 22.6 Å². The molecule has 0 aliphatic heterocycles. The minimum Gasteiger partial charge on any atom is -0.311 e. The van der Waals surface area contributed by atoms with Gasteiger partial charge in [0.1, 0.15) is 0 Å². The number of hydrogen-bond donors (Lipinski definition) is 1. The normalized spacial score (nSPS) is 11.1. The molecule has 0 atom stereocenters. The molecule has 1 aromatic carbocycles. The summed E-state index contributed by atoms with van der Waals surface area (Å²) in [7, 11) is 2.15. The maximum atomic E-state index is 3.49. The minimum absolute atomic E-state index is 0.970. The van der Waals surface area contributed by atoms with Crippen molar-refractivity contribution < 1.29 is 0 Å². The maximum absolute atomic E-state index is 3.49. The van der Waals surface area contributed by atoms with Crippen LogP contribution in [0.15, 0.2) is 18.2 Å². The minimum atomic E-state index is 0.970. The van der Waals surface area contributed by atoms with Gasteiger partial charge in [-0.2, -0.15) is 0 Å². The summed E-state index contributed by atoms with van der Waals surface area (Å²) in [5.74, 6) is 0. The molecule has 0 aromatic heterocycles. The van der Waals surface area contributed by atoms with E-state index < -0.39 is 0 Å². The molecular formula is C13H21IN2. The van der Waals surface area contributed by atoms with Crippen molar-refractivity contribution in [3.63, 3.8) is 0 Å². The SMILES string of the molecule is CCN(C)CCNCc1cccc(C)c1I. The predicted octanol–water partition coefficient (Wildman–Crippen LogP) is 2.64. The van der Waals surface area contributed by atoms with E-state index in [1.54, 1.807) is 0 Å². The Morgan fingerprint density at radius 2 is 2.12 bits per heavy atom. The van der Waals surface area contributed by atoms with Crippen LogP contribution in [-0.4, -0.2) is 31.6 Å². The molecule has 0 amide bonds. The Hall–Kier alpha value is -0.130. The Balaban J connectivity index is 2.35. The fourth-order valence-corrected chi connectivity index (χ4v) is 2.05. The van der Waals surface area contributed by atoms with Crippen molar-refractivity contribution in [1.29, 1.82) is 0 Å². The van der Waals surface area contributed by atoms with Gasteiger partial charge in [-0.05, 0) is 54.2 Å². The van der Waals surface area contributed by atoms with Gasteiger partial charge in [0, 0.05) is 23.2 Å². The zero-order valence-corrected chi connectivity index (χ0v) is 12.5. The first-order valence-corrected chi connectivity index (χ1v) is 6.86. The van der Waals surface area contributed by atoms with Gasteiger partial charge in [0.25, 0.3) is 0 Å². The number of halogens is 1. The van der Waals surface area contributed by atoms with Crippen molar-refractivity contribution in [1.82, 2.24) is 10.2 Å². The highest BCUT2D eigenvalue weighted by molar-refractivity contribution is 14.1. The van der Waals surface area contributed by atoms with Crippen LogP contribution in [0.4, 0.5) is 0 Å². The Labute approximate surface area is 113 Å². The summed E-state index contributed by atoms with van der Waals surface area (Å²) in [6.45, 7) is 8.59. The van der Waals surface area contributed by atoms with Crippen molar-refractivity contribution in [2.75, 3.05) is 26.7 Å². The van der Waals surface area contributed by atoms with E-state index in [0.717, 1.165) is 26.2 Å². The average Bonchev–Trinajstić information content (AvgIpc) is 2.29. The van der Waals surface area contributed by atoms with E-state index in [1.807, 2.05) is 0 Å². The molecule has 0 aliphatic rings. The number of hydrogen-bond acceptors (Lipinski definition) is 2. The van der Waals surface area contributed by atoms with Gasteiger partial charge in [-0.15, -0.1) is 0 Å². The summed E-state index contributed by atoms with van der Waals surface area (Å²) in [5, 5.41) is 3.49. The third-order valence-corrected chi connectivity index (χ3v) is 4.34. The quantitative estimate of drug-likeness (QED) is 0.636. The van der Waals surface area contributed by atoms with E-state index in [9.17, 15) is 0 Å². The second-order valence-corrected chi connectivity index (χ2v) is 5.20. The first-order chi connectivity index (χ1) is 7.65. The molecule has 0 spiro atoms. The first-order valence-electron chi connectivity index (χ1n) is 5.78. The van der Waals surface area contributed by atoms with E-state index in [0.29, 0.717) is 0 Å². The first kappa shape index (κ1) is 13.9. The van der Waals surface area contributed by atoms with Gasteiger partial charge in [-0.3, -0.25) is 0 Å². The Kier molecular flexibility index (Phi) is 6.31. The van der Waals surface area contributed by atoms with Crippen LogP contribution in [0.1, 0.15) is 18.1 Å². The fourth-order valence-electron chi connectivity index (χ4n) is 1.50. The van der Waals surface area contributed by atoms with Crippen LogP contribution < -0.4 is 5.32 Å². The largest absolute Gasteiger partial charge is 0.311 e. The van der Waals surface area contributed by atoms with Crippen molar-refractivity contribution in [3.8, 4) is 0 Å². The Bertz CT molecular complexity index is 326. The van der Waals surface area contributed by atoms with Crippen LogP contribution in [0, 0.1) is 10.5 Å². The van der Waals surface area contributed by atoms with Crippen LogP contribution in [0.25, 0.3) is 0 Å². The van der Waals surface area contributed by atoms with E-state index >= 15 is 0 Å². The number of likely N-dealkylation sites (N-methyl/N-ethyl adjacent to an activating group) is 1. The van der Waals surface area contributed by atoms with Crippen molar-refractivity contribution in [2.24, 2.45) is 0 Å². The Morgan fingerprint density at radius 3 is 2.81 bits per heavy atom. The summed E-state index contributed by atoms with van der Waals surface area (Å²) in [6.07, 6.45) is 0. The van der Waals surface area contributed by atoms with Crippen molar-refractivity contribution >= 4 is 22.6 Å². The summed E-state index contributed by atoms with van der Waals surface area (Å²) in [5.41, 5.74) is 2.77. The van der Waals surface area contributed by atoms with Gasteiger partial charge in [-0.25, -0.2) is 0 Å². The second kappa shape index (κ2) is 7.25. The number of rotatable bonds is 6. The molecule has 0 fully saturated rings. The summed E-state index contributed by atoms with van der Waals surface area (Å²) >= 11 is 2.43. The molecule has 0 unspecified atom stereocenters. The molecule has 1 N–H and O–H groups in total. The van der Waals surface area contributed by atoms with E-state index in [1.165, 1.54) is 14.7 Å². The van der Waals surface area contributed by atoms with Crippen LogP contribution in [-0.2, 0) is 6.54 Å². The summed E-state index contributed by atoms with van der Waals surface area (Å²) < 4.78 is 1.39. The smallest absolute Gasteiger partial charge is 0.0216 e. The molecule has 0 radical (unpaired) electrons. The predicted molar refractivity (Wildman–Crippen MR) is 78.8 cm³/mol. The zero-order valence-electron chi connectivity index (χ0n) is 10.4. The lowest BCUT2D eigenvalue weighted by atomic mass is 10.1. The molecule has 16 heavy (non-hydrogen) atoms. The zero-order chi connectivity index (χ0) is 12.0. The third kappa shape index (κ3) is 4.39. The highest BCUT2D eigenvalue weighted by Gasteiger charge is 2.01. The van der Waals surface area contributed by atoms with Crippen LogP contribution in [0.2, 0.25) is 0 Å². The van der Waals surface area contributed by atoms with Gasteiger partial charge < -0.3 is 10.2 Å². The lowest BCUT2D eigenvalue weighted by molar-refractivity contribution is 0.349. The van der Waals surface area contributed by atoms with E-state index in [-0.39, 0.29) is 0 Å². The van der Waals surface area contributed by atoms with Gasteiger partial charge >= 0.3 is 0 Å². The average molecular weight is 332 g/mol. The van der Waals surface area contributed by atoms with Gasteiger partial charge in [0.05, 0.1) is 0 Å². The number of aryl methyl sites for hydroxylation is 1. The molecule has 0 bridgehead atoms. The standard InChI is InChI=1S/C13H21IN2/c1-4-16(3)9-8-15-10-12-7-5-6-11(2)13(12)14/h5-7,15H,4,8-10H2,1-3H3. The molecule has 0 saturated heterocycles. The topological polar surface area (TPSA) is 15.3 Å². The summed E-state index contributed by atoms with van der Waals surface area (Å²) in [4.78, 5) is 2.31. The van der Waals surface area contributed by atoms with Crippen molar-refractivity contribution in [3.05, 3.63) is 32.9 Å². The maximum Gasteiger partial charge on any atom is 0.0216 e. The Morgan fingerprint density at radius 1 is 1.38 bits per heavy atom. The highest BCUT2D eigenvalue weighted by Crippen LogP contribution is 2.16. The van der Waals surface area contributed by atoms with Crippen LogP contribution in [0.5, 0.6) is 0 Å². The molecular weight excluding hydrogens is 311 g/mol. The molecule has 2 nitrogen and oxygen atoms in total.